The van der Waals surface area contributed by atoms with Crippen molar-refractivity contribution >= 4 is 34.9 Å². The van der Waals surface area contributed by atoms with Crippen molar-refractivity contribution in [2.75, 3.05) is 41.3 Å². The van der Waals surface area contributed by atoms with Gasteiger partial charge in [0.2, 0.25) is 5.95 Å². The van der Waals surface area contributed by atoms with Gasteiger partial charge in [0.1, 0.15) is 11.6 Å². The van der Waals surface area contributed by atoms with E-state index < -0.39 is 0 Å². The van der Waals surface area contributed by atoms with Crippen LogP contribution in [0.1, 0.15) is 46.0 Å². The van der Waals surface area contributed by atoms with Crippen LogP contribution in [0.3, 0.4) is 0 Å². The number of thiocarbonyl (C=S) groups is 1. The highest BCUT2D eigenvalue weighted by atomic mass is 32.1. The standard InChI is InChI=1S/C20H32N6S/c1-4-10-21-20(27)24-19-22-17(25-11-7-8-15(2)14-25)13-18(23-19)26-12-6-5-9-16(26)3/h4,13,15-16H,1,5-12,14H2,2-3H3,(H2,21,22,23,24,27)/t15-,16+/m1/s1. The lowest BCUT2D eigenvalue weighted by Crippen LogP contribution is -2.39. The van der Waals surface area contributed by atoms with Crippen molar-refractivity contribution in [1.82, 2.24) is 15.3 Å². The minimum atomic E-state index is 0.500. The smallest absolute Gasteiger partial charge is 0.232 e. The first kappa shape index (κ1) is 19.9. The molecule has 2 saturated heterocycles. The fourth-order valence-corrected chi connectivity index (χ4v) is 4.11. The minimum Gasteiger partial charge on any atom is -0.359 e. The first-order valence-corrected chi connectivity index (χ1v) is 10.5. The summed E-state index contributed by atoms with van der Waals surface area (Å²) < 4.78 is 0. The summed E-state index contributed by atoms with van der Waals surface area (Å²) in [7, 11) is 0. The summed E-state index contributed by atoms with van der Waals surface area (Å²) in [5.74, 6) is 3.26. The van der Waals surface area contributed by atoms with Gasteiger partial charge in [-0.05, 0) is 57.2 Å². The number of rotatable bonds is 5. The van der Waals surface area contributed by atoms with E-state index >= 15 is 0 Å². The summed E-state index contributed by atoms with van der Waals surface area (Å²) in [4.78, 5) is 14.4. The molecule has 0 unspecified atom stereocenters. The lowest BCUT2D eigenvalue weighted by Gasteiger charge is -2.36. The number of hydrogen-bond donors (Lipinski definition) is 2. The molecule has 0 aromatic carbocycles. The van der Waals surface area contributed by atoms with Crippen LogP contribution in [0.15, 0.2) is 18.7 Å². The quantitative estimate of drug-likeness (QED) is 0.591. The SMILES string of the molecule is C=CCNC(=S)Nc1nc(N2CCC[C@@H](C)C2)cc(N2CCCC[C@@H]2C)n1. The highest BCUT2D eigenvalue weighted by Crippen LogP contribution is 2.29. The third kappa shape index (κ3) is 5.31. The van der Waals surface area contributed by atoms with Gasteiger partial charge < -0.3 is 20.4 Å². The van der Waals surface area contributed by atoms with Gasteiger partial charge >= 0.3 is 0 Å². The van der Waals surface area contributed by atoms with E-state index in [1.54, 1.807) is 6.08 Å². The molecule has 0 aliphatic carbocycles. The van der Waals surface area contributed by atoms with E-state index in [0.717, 1.165) is 31.3 Å². The number of nitrogens with zero attached hydrogens (tertiary/aromatic N) is 4. The zero-order valence-corrected chi connectivity index (χ0v) is 17.4. The van der Waals surface area contributed by atoms with E-state index in [4.69, 9.17) is 22.2 Å². The van der Waals surface area contributed by atoms with Crippen molar-refractivity contribution in [2.24, 2.45) is 5.92 Å². The van der Waals surface area contributed by atoms with Crippen molar-refractivity contribution in [3.05, 3.63) is 18.7 Å². The van der Waals surface area contributed by atoms with Crippen LogP contribution in [0.25, 0.3) is 0 Å². The van der Waals surface area contributed by atoms with E-state index in [9.17, 15) is 0 Å². The molecule has 1 aromatic rings. The van der Waals surface area contributed by atoms with Gasteiger partial charge in [-0.2, -0.15) is 9.97 Å². The van der Waals surface area contributed by atoms with Crippen molar-refractivity contribution in [3.8, 4) is 0 Å². The highest BCUT2D eigenvalue weighted by molar-refractivity contribution is 7.80. The Morgan fingerprint density at radius 2 is 2.04 bits per heavy atom. The Labute approximate surface area is 168 Å². The molecule has 3 heterocycles. The lowest BCUT2D eigenvalue weighted by atomic mass is 10.0. The van der Waals surface area contributed by atoms with Gasteiger partial charge in [-0.15, -0.1) is 6.58 Å². The average molecular weight is 389 g/mol. The molecule has 0 spiro atoms. The number of nitrogens with one attached hydrogen (secondary N) is 2. The molecule has 1 aromatic heterocycles. The van der Waals surface area contributed by atoms with Crippen molar-refractivity contribution in [2.45, 2.75) is 52.0 Å². The average Bonchev–Trinajstić information content (AvgIpc) is 2.66. The Bertz CT molecular complexity index is 664. The van der Waals surface area contributed by atoms with Crippen molar-refractivity contribution in [3.63, 3.8) is 0 Å². The molecule has 7 heteroatoms. The number of aromatic nitrogens is 2. The molecule has 0 saturated carbocycles. The topological polar surface area (TPSA) is 56.3 Å². The molecule has 0 radical (unpaired) electrons. The highest BCUT2D eigenvalue weighted by Gasteiger charge is 2.24. The van der Waals surface area contributed by atoms with Gasteiger partial charge in [0.25, 0.3) is 0 Å². The number of anilines is 3. The first-order valence-electron chi connectivity index (χ1n) is 10.1. The normalized spacial score (nSPS) is 23.0. The van der Waals surface area contributed by atoms with Crippen LogP contribution < -0.4 is 20.4 Å². The van der Waals surface area contributed by atoms with Crippen LogP contribution in [-0.2, 0) is 0 Å². The van der Waals surface area contributed by atoms with Crippen LogP contribution in [0.2, 0.25) is 0 Å². The van der Waals surface area contributed by atoms with Crippen LogP contribution in [-0.4, -0.2) is 47.3 Å². The van der Waals surface area contributed by atoms with Gasteiger partial charge in [0.15, 0.2) is 5.11 Å². The summed E-state index contributed by atoms with van der Waals surface area (Å²) in [5.41, 5.74) is 0. The Hall–Kier alpha value is -1.89. The Kier molecular flexibility index (Phi) is 6.88. The third-order valence-electron chi connectivity index (χ3n) is 5.41. The molecule has 0 bridgehead atoms. The molecule has 0 amide bonds. The fraction of sp³-hybridized carbons (Fsp3) is 0.650. The van der Waals surface area contributed by atoms with Crippen LogP contribution in [0, 0.1) is 5.92 Å². The molecule has 2 fully saturated rings. The van der Waals surface area contributed by atoms with Crippen molar-refractivity contribution < 1.29 is 0 Å². The zero-order valence-electron chi connectivity index (χ0n) is 16.6. The molecule has 27 heavy (non-hydrogen) atoms. The molecule has 2 aliphatic rings. The molecule has 2 aliphatic heterocycles. The minimum absolute atomic E-state index is 0.500. The third-order valence-corrected chi connectivity index (χ3v) is 5.66. The van der Waals surface area contributed by atoms with Gasteiger partial charge in [0.05, 0.1) is 0 Å². The van der Waals surface area contributed by atoms with E-state index in [1.165, 1.54) is 32.1 Å². The molecule has 3 rings (SSSR count). The summed E-state index contributed by atoms with van der Waals surface area (Å²) >= 11 is 5.37. The van der Waals surface area contributed by atoms with Crippen molar-refractivity contribution in [1.29, 1.82) is 0 Å². The van der Waals surface area contributed by atoms with Gasteiger partial charge in [-0.3, -0.25) is 0 Å². The Balaban J connectivity index is 1.87. The van der Waals surface area contributed by atoms with Crippen LogP contribution >= 0.6 is 12.2 Å². The molecule has 2 atom stereocenters. The second-order valence-corrected chi connectivity index (χ2v) is 8.17. The summed E-state index contributed by atoms with van der Waals surface area (Å²) in [6.07, 6.45) is 8.00. The maximum atomic E-state index is 5.37. The maximum absolute atomic E-state index is 5.37. The zero-order chi connectivity index (χ0) is 19.2. The monoisotopic (exact) mass is 388 g/mol. The molecule has 148 valence electrons. The predicted molar refractivity (Wildman–Crippen MR) is 118 cm³/mol. The van der Waals surface area contributed by atoms with E-state index in [1.807, 2.05) is 0 Å². The van der Waals surface area contributed by atoms with E-state index in [0.29, 0.717) is 29.6 Å². The van der Waals surface area contributed by atoms with Crippen LogP contribution in [0.4, 0.5) is 17.6 Å². The summed E-state index contributed by atoms with van der Waals surface area (Å²) in [6, 6.07) is 2.66. The van der Waals surface area contributed by atoms with Crippen LogP contribution in [0.5, 0.6) is 0 Å². The second kappa shape index (κ2) is 9.35. The summed E-state index contributed by atoms with van der Waals surface area (Å²) in [5, 5.41) is 6.77. The fourth-order valence-electron chi connectivity index (χ4n) is 3.93. The Morgan fingerprint density at radius 1 is 1.22 bits per heavy atom. The van der Waals surface area contributed by atoms with Gasteiger partial charge in [-0.25, -0.2) is 0 Å². The van der Waals surface area contributed by atoms with E-state index in [2.05, 4.69) is 46.9 Å². The Morgan fingerprint density at radius 3 is 2.78 bits per heavy atom. The number of piperidine rings is 2. The summed E-state index contributed by atoms with van der Waals surface area (Å²) in [6.45, 7) is 12.1. The molecule has 6 nitrogen and oxygen atoms in total. The predicted octanol–water partition coefficient (Wildman–Crippen LogP) is 3.56. The lowest BCUT2D eigenvalue weighted by molar-refractivity contribution is 0.444. The van der Waals surface area contributed by atoms with Gasteiger partial charge in [0, 0.05) is 38.3 Å². The molecular formula is C20H32N6S. The van der Waals surface area contributed by atoms with Gasteiger partial charge in [-0.1, -0.05) is 13.0 Å². The first-order chi connectivity index (χ1) is 13.1. The maximum Gasteiger partial charge on any atom is 0.232 e. The molecular weight excluding hydrogens is 356 g/mol. The number of hydrogen-bond acceptors (Lipinski definition) is 5. The van der Waals surface area contributed by atoms with E-state index in [-0.39, 0.29) is 0 Å². The molecule has 2 N–H and O–H groups in total. The largest absolute Gasteiger partial charge is 0.359 e. The second-order valence-electron chi connectivity index (χ2n) is 7.76.